The van der Waals surface area contributed by atoms with E-state index in [2.05, 4.69) is 50.8 Å². The standard InChI is InChI=1S/C31H33ClN10/c1-5-6-7-8-19(2)35-23-10-11-25(33-17-23)30-21(4)36-31(38-30)28-13-14-29-37-26(15-20(3)42(28)29)24-16-22(32)9-12-27(24)41-18-34-39-40-41/h9-12,15-18,28,35H,2-3,5-8,13-14H2,1,4H3,(H,36,38). The van der Waals surface area contributed by atoms with E-state index in [1.807, 2.05) is 49.5 Å². The van der Waals surface area contributed by atoms with Gasteiger partial charge in [-0.1, -0.05) is 44.5 Å². The summed E-state index contributed by atoms with van der Waals surface area (Å²) in [4.78, 5) is 20.4. The third kappa shape index (κ3) is 5.49. The van der Waals surface area contributed by atoms with Crippen LogP contribution in [0.4, 0.5) is 5.69 Å². The minimum absolute atomic E-state index is 0.00719. The van der Waals surface area contributed by atoms with Gasteiger partial charge in [-0.3, -0.25) is 4.98 Å². The van der Waals surface area contributed by atoms with Crippen molar-refractivity contribution in [3.05, 3.63) is 95.6 Å². The first-order valence-electron chi connectivity index (χ1n) is 14.2. The highest BCUT2D eigenvalue weighted by atomic mass is 35.5. The van der Waals surface area contributed by atoms with Gasteiger partial charge in [0.1, 0.15) is 23.7 Å². The Kier molecular flexibility index (Phi) is 7.71. The first-order chi connectivity index (χ1) is 20.4. The first kappa shape index (κ1) is 27.6. The van der Waals surface area contributed by atoms with Crippen molar-refractivity contribution < 1.29 is 0 Å². The number of H-pyrrole nitrogens is 1. The smallest absolute Gasteiger partial charge is 0.143 e. The highest BCUT2D eigenvalue weighted by Gasteiger charge is 2.36. The van der Waals surface area contributed by atoms with Crippen LogP contribution in [-0.2, 0) is 0 Å². The molecule has 0 amide bonds. The largest absolute Gasteiger partial charge is 0.358 e. The van der Waals surface area contributed by atoms with Crippen molar-refractivity contribution in [2.45, 2.75) is 58.4 Å². The topological polar surface area (TPSA) is 113 Å². The van der Waals surface area contributed by atoms with Crippen LogP contribution >= 0.6 is 11.6 Å². The molecule has 10 nitrogen and oxygen atoms in total. The molecular weight excluding hydrogens is 548 g/mol. The predicted molar refractivity (Wildman–Crippen MR) is 166 cm³/mol. The molecule has 6 rings (SSSR count). The third-order valence-corrected chi connectivity index (χ3v) is 7.79. The molecule has 11 heteroatoms. The fourth-order valence-corrected chi connectivity index (χ4v) is 5.68. The number of halogens is 1. The second-order valence-corrected chi connectivity index (χ2v) is 11.0. The number of imidazole rings is 1. The van der Waals surface area contributed by atoms with Crippen LogP contribution in [-0.4, -0.2) is 45.9 Å². The van der Waals surface area contributed by atoms with Gasteiger partial charge in [0.25, 0.3) is 0 Å². The summed E-state index contributed by atoms with van der Waals surface area (Å²) in [7, 11) is 0. The van der Waals surface area contributed by atoms with Gasteiger partial charge in [0.05, 0.1) is 35.0 Å². The van der Waals surface area contributed by atoms with Crippen LogP contribution in [0, 0.1) is 6.92 Å². The minimum Gasteiger partial charge on any atom is -0.358 e. The fraction of sp³-hybridized carbons (Fsp3) is 0.290. The van der Waals surface area contributed by atoms with Crippen molar-refractivity contribution in [1.82, 2.24) is 40.1 Å². The Balaban J connectivity index is 1.21. The van der Waals surface area contributed by atoms with Crippen molar-refractivity contribution in [1.29, 1.82) is 0 Å². The molecule has 5 heterocycles. The summed E-state index contributed by atoms with van der Waals surface area (Å²) in [6.45, 7) is 12.8. The van der Waals surface area contributed by atoms with E-state index in [1.54, 1.807) is 11.0 Å². The van der Waals surface area contributed by atoms with Crippen LogP contribution in [0.2, 0.25) is 5.02 Å². The zero-order valence-electron chi connectivity index (χ0n) is 23.8. The average Bonchev–Trinajstić information content (AvgIpc) is 3.74. The second-order valence-electron chi connectivity index (χ2n) is 10.6. The van der Waals surface area contributed by atoms with Crippen LogP contribution in [0.5, 0.6) is 0 Å². The molecule has 1 atom stereocenters. The molecule has 0 bridgehead atoms. The van der Waals surface area contributed by atoms with Crippen LogP contribution < -0.4 is 5.32 Å². The molecule has 3 aromatic heterocycles. The highest BCUT2D eigenvalue weighted by Crippen LogP contribution is 2.41. The number of rotatable bonds is 10. The van der Waals surface area contributed by atoms with Crippen molar-refractivity contribution in [2.24, 2.45) is 4.99 Å². The maximum absolute atomic E-state index is 6.38. The quantitative estimate of drug-likeness (QED) is 0.194. The fourth-order valence-electron chi connectivity index (χ4n) is 5.51. The van der Waals surface area contributed by atoms with E-state index < -0.39 is 0 Å². The Morgan fingerprint density at radius 3 is 2.86 bits per heavy atom. The lowest BCUT2D eigenvalue weighted by atomic mass is 10.1. The summed E-state index contributed by atoms with van der Waals surface area (Å²) in [5.74, 6) is 1.81. The number of aromatic nitrogens is 7. The van der Waals surface area contributed by atoms with Gasteiger partial charge < -0.3 is 15.2 Å². The molecule has 2 aliphatic heterocycles. The second kappa shape index (κ2) is 11.7. The van der Waals surface area contributed by atoms with Crippen LogP contribution in [0.3, 0.4) is 0 Å². The monoisotopic (exact) mass is 580 g/mol. The molecule has 42 heavy (non-hydrogen) atoms. The summed E-state index contributed by atoms with van der Waals surface area (Å²) < 4.78 is 1.60. The van der Waals surface area contributed by atoms with Gasteiger partial charge in [0.15, 0.2) is 0 Å². The lowest BCUT2D eigenvalue weighted by Crippen LogP contribution is -2.29. The number of amidine groups is 1. The van der Waals surface area contributed by atoms with Gasteiger partial charge in [0.2, 0.25) is 0 Å². The van der Waals surface area contributed by atoms with Crippen molar-refractivity contribution >= 4 is 28.8 Å². The number of unbranched alkanes of at least 4 members (excludes halogenated alkanes) is 2. The number of hydrogen-bond acceptors (Lipinski definition) is 8. The van der Waals surface area contributed by atoms with E-state index >= 15 is 0 Å². The number of benzene rings is 1. The Morgan fingerprint density at radius 1 is 1.21 bits per heavy atom. The number of aromatic amines is 1. The van der Waals surface area contributed by atoms with Crippen molar-refractivity contribution in [2.75, 3.05) is 5.32 Å². The SMILES string of the molecule is C=C(CCCCC)Nc1ccc(-c2nc(C3CCC4=NC(c5cc(Cl)ccc5-n5cnnn5)=CC(=C)N43)[nH]c2C)nc1. The van der Waals surface area contributed by atoms with Gasteiger partial charge in [0, 0.05) is 34.1 Å². The summed E-state index contributed by atoms with van der Waals surface area (Å²) in [5.41, 5.74) is 7.79. The van der Waals surface area contributed by atoms with Crippen LogP contribution in [0.1, 0.15) is 68.6 Å². The maximum Gasteiger partial charge on any atom is 0.143 e. The normalized spacial score (nSPS) is 16.3. The number of aliphatic imine (C=N–C) groups is 1. The highest BCUT2D eigenvalue weighted by molar-refractivity contribution is 6.30. The van der Waals surface area contributed by atoms with Gasteiger partial charge in [-0.2, -0.15) is 4.68 Å². The molecule has 0 spiro atoms. The summed E-state index contributed by atoms with van der Waals surface area (Å²) in [6, 6.07) is 9.59. The number of nitrogens with one attached hydrogen (secondary N) is 2. The van der Waals surface area contributed by atoms with E-state index in [9.17, 15) is 0 Å². The molecule has 2 aliphatic rings. The molecule has 0 radical (unpaired) electrons. The molecule has 1 fully saturated rings. The minimum atomic E-state index is -0.00719. The number of tetrazole rings is 1. The van der Waals surface area contributed by atoms with E-state index in [-0.39, 0.29) is 6.04 Å². The first-order valence-corrected chi connectivity index (χ1v) is 14.6. The zero-order chi connectivity index (χ0) is 29.2. The number of hydrogen-bond donors (Lipinski definition) is 2. The molecule has 1 unspecified atom stereocenters. The average molecular weight is 581 g/mol. The maximum atomic E-state index is 6.38. The lowest BCUT2D eigenvalue weighted by molar-refractivity contribution is 0.408. The Bertz CT molecular complexity index is 1680. The number of fused-ring (bicyclic) bond motifs is 1. The molecule has 2 N–H and O–H groups in total. The molecule has 1 aromatic carbocycles. The van der Waals surface area contributed by atoms with E-state index in [0.717, 1.165) is 88.5 Å². The number of pyridine rings is 1. The van der Waals surface area contributed by atoms with Crippen molar-refractivity contribution in [3.8, 4) is 17.1 Å². The Labute approximate surface area is 250 Å². The summed E-state index contributed by atoms with van der Waals surface area (Å²) >= 11 is 6.38. The van der Waals surface area contributed by atoms with Gasteiger partial charge in [-0.15, -0.1) is 5.10 Å². The molecule has 1 saturated heterocycles. The zero-order valence-corrected chi connectivity index (χ0v) is 24.6. The number of anilines is 1. The van der Waals surface area contributed by atoms with Gasteiger partial charge in [-0.05, 0) is 73.0 Å². The Hall–Kier alpha value is -4.57. The molecule has 0 saturated carbocycles. The van der Waals surface area contributed by atoms with Gasteiger partial charge >= 0.3 is 0 Å². The van der Waals surface area contributed by atoms with Crippen LogP contribution in [0.15, 0.2) is 78.5 Å². The third-order valence-electron chi connectivity index (χ3n) is 7.55. The number of allylic oxidation sites excluding steroid dienone is 2. The predicted octanol–water partition coefficient (Wildman–Crippen LogP) is 7.02. The lowest BCUT2D eigenvalue weighted by Gasteiger charge is -2.29. The molecular formula is C31H33ClN10. The Morgan fingerprint density at radius 2 is 2.10 bits per heavy atom. The van der Waals surface area contributed by atoms with E-state index in [4.69, 9.17) is 26.6 Å². The van der Waals surface area contributed by atoms with Gasteiger partial charge in [-0.25, -0.2) is 9.98 Å². The number of nitrogens with zero attached hydrogens (tertiary/aromatic N) is 8. The van der Waals surface area contributed by atoms with E-state index in [0.29, 0.717) is 5.02 Å². The molecule has 4 aromatic rings. The summed E-state index contributed by atoms with van der Waals surface area (Å²) in [5, 5.41) is 15.6. The molecule has 214 valence electrons. The van der Waals surface area contributed by atoms with E-state index in [1.165, 1.54) is 12.8 Å². The summed E-state index contributed by atoms with van der Waals surface area (Å²) in [6.07, 6.45) is 11.5. The number of aryl methyl sites for hydroxylation is 1. The van der Waals surface area contributed by atoms with Crippen molar-refractivity contribution in [3.63, 3.8) is 0 Å². The van der Waals surface area contributed by atoms with Crippen LogP contribution in [0.25, 0.3) is 22.8 Å². The molecule has 0 aliphatic carbocycles.